The first-order valence-electron chi connectivity index (χ1n) is 5.65. The number of hydrogen-bond acceptors (Lipinski definition) is 1. The number of rotatable bonds is 2. The van der Waals surface area contributed by atoms with Crippen LogP contribution in [0.15, 0.2) is 46.9 Å². The van der Waals surface area contributed by atoms with Gasteiger partial charge in [-0.05, 0) is 64.9 Å². The summed E-state index contributed by atoms with van der Waals surface area (Å²) in [7, 11) is 0. The van der Waals surface area contributed by atoms with Gasteiger partial charge in [-0.2, -0.15) is 0 Å². The molecule has 0 spiro atoms. The Hall–Kier alpha value is -1.46. The van der Waals surface area contributed by atoms with Crippen LogP contribution in [-0.4, -0.2) is 5.11 Å². The van der Waals surface area contributed by atoms with E-state index in [-0.39, 0.29) is 5.82 Å². The molecule has 0 unspecified atom stereocenters. The van der Waals surface area contributed by atoms with E-state index in [2.05, 4.69) is 26.6 Å². The first kappa shape index (κ1) is 14.0. The highest BCUT2D eigenvalue weighted by molar-refractivity contribution is 9.10. The van der Waals surface area contributed by atoms with Crippen LogP contribution in [-0.2, 0) is 0 Å². The maximum atomic E-state index is 13.3. The van der Waals surface area contributed by atoms with Crippen molar-refractivity contribution < 1.29 is 4.39 Å². The van der Waals surface area contributed by atoms with Gasteiger partial charge in [0.25, 0.3) is 0 Å². The second-order valence-electron chi connectivity index (χ2n) is 4.03. The summed E-state index contributed by atoms with van der Waals surface area (Å²) >= 11 is 8.38. The Morgan fingerprint density at radius 1 is 1.16 bits per heavy atom. The van der Waals surface area contributed by atoms with Crippen LogP contribution in [0, 0.1) is 12.7 Å². The molecule has 0 atom stereocenters. The zero-order valence-electron chi connectivity index (χ0n) is 10.2. The smallest absolute Gasteiger partial charge is 0.175 e. The molecular formula is C14H12BrFN2S. The van der Waals surface area contributed by atoms with Crippen molar-refractivity contribution in [3.63, 3.8) is 0 Å². The molecule has 19 heavy (non-hydrogen) atoms. The van der Waals surface area contributed by atoms with E-state index in [0.29, 0.717) is 9.59 Å². The molecule has 5 heteroatoms. The predicted octanol–water partition coefficient (Wildman–Crippen LogP) is 4.71. The van der Waals surface area contributed by atoms with Crippen molar-refractivity contribution in [3.8, 4) is 0 Å². The molecule has 0 aromatic heterocycles. The first-order chi connectivity index (χ1) is 9.06. The number of thiocarbonyl (C=S) groups is 1. The molecule has 0 aliphatic rings. The minimum atomic E-state index is -0.287. The van der Waals surface area contributed by atoms with E-state index in [1.54, 1.807) is 6.07 Å². The second-order valence-corrected chi connectivity index (χ2v) is 5.29. The maximum absolute atomic E-state index is 13.3. The highest BCUT2D eigenvalue weighted by Gasteiger charge is 2.06. The third-order valence-corrected chi connectivity index (χ3v) is 3.36. The van der Waals surface area contributed by atoms with Gasteiger partial charge in [0.15, 0.2) is 5.11 Å². The van der Waals surface area contributed by atoms with Crippen molar-refractivity contribution in [3.05, 3.63) is 58.3 Å². The van der Waals surface area contributed by atoms with Crippen LogP contribution < -0.4 is 10.6 Å². The minimum absolute atomic E-state index is 0.287. The molecular weight excluding hydrogens is 327 g/mol. The summed E-state index contributed by atoms with van der Waals surface area (Å²) in [6.45, 7) is 1.82. The van der Waals surface area contributed by atoms with Crippen molar-refractivity contribution in [1.29, 1.82) is 0 Å². The Kier molecular flexibility index (Phi) is 4.50. The Morgan fingerprint density at radius 2 is 1.84 bits per heavy atom. The summed E-state index contributed by atoms with van der Waals surface area (Å²) in [6.07, 6.45) is 0. The SMILES string of the molecule is Cc1cc(F)c(Br)cc1NC(=S)Nc1ccccc1. The van der Waals surface area contributed by atoms with Gasteiger partial charge in [0.2, 0.25) is 0 Å². The van der Waals surface area contributed by atoms with Crippen LogP contribution in [0.1, 0.15) is 5.56 Å². The second kappa shape index (κ2) is 6.12. The van der Waals surface area contributed by atoms with Crippen molar-refractivity contribution in [2.45, 2.75) is 6.92 Å². The van der Waals surface area contributed by atoms with E-state index in [9.17, 15) is 4.39 Å². The van der Waals surface area contributed by atoms with E-state index in [1.165, 1.54) is 6.07 Å². The number of benzene rings is 2. The van der Waals surface area contributed by atoms with E-state index in [4.69, 9.17) is 12.2 Å². The Labute approximate surface area is 125 Å². The van der Waals surface area contributed by atoms with Crippen LogP contribution in [0.3, 0.4) is 0 Å². The molecule has 0 heterocycles. The molecule has 0 amide bonds. The van der Waals surface area contributed by atoms with Gasteiger partial charge in [-0.25, -0.2) is 4.39 Å². The van der Waals surface area contributed by atoms with Crippen molar-refractivity contribution in [2.24, 2.45) is 0 Å². The van der Waals surface area contributed by atoms with Gasteiger partial charge in [-0.15, -0.1) is 0 Å². The number of anilines is 2. The van der Waals surface area contributed by atoms with Gasteiger partial charge in [-0.1, -0.05) is 18.2 Å². The largest absolute Gasteiger partial charge is 0.332 e. The summed E-state index contributed by atoms with van der Waals surface area (Å²) < 4.78 is 13.7. The minimum Gasteiger partial charge on any atom is -0.332 e. The molecule has 0 saturated heterocycles. The molecule has 0 bridgehead atoms. The standard InChI is InChI=1S/C14H12BrFN2S/c1-9-7-12(16)11(15)8-13(9)18-14(19)17-10-5-3-2-4-6-10/h2-8H,1H3,(H2,17,18,19). The van der Waals surface area contributed by atoms with Gasteiger partial charge in [0, 0.05) is 11.4 Å². The Morgan fingerprint density at radius 3 is 2.53 bits per heavy atom. The van der Waals surface area contributed by atoms with Crippen LogP contribution in [0.2, 0.25) is 0 Å². The summed E-state index contributed by atoms with van der Waals surface area (Å²) in [4.78, 5) is 0. The molecule has 98 valence electrons. The summed E-state index contributed by atoms with van der Waals surface area (Å²) in [5, 5.41) is 6.58. The fraction of sp³-hybridized carbons (Fsp3) is 0.0714. The highest BCUT2D eigenvalue weighted by Crippen LogP contribution is 2.24. The van der Waals surface area contributed by atoms with Crippen LogP contribution in [0.4, 0.5) is 15.8 Å². The van der Waals surface area contributed by atoms with Gasteiger partial charge < -0.3 is 10.6 Å². The first-order valence-corrected chi connectivity index (χ1v) is 6.85. The topological polar surface area (TPSA) is 24.1 Å². The van der Waals surface area contributed by atoms with E-state index in [0.717, 1.165) is 16.9 Å². The van der Waals surface area contributed by atoms with Crippen LogP contribution in [0.5, 0.6) is 0 Å². The average molecular weight is 339 g/mol. The van der Waals surface area contributed by atoms with Gasteiger partial charge in [-0.3, -0.25) is 0 Å². The quantitative estimate of drug-likeness (QED) is 0.775. The van der Waals surface area contributed by atoms with E-state index in [1.807, 2.05) is 37.3 Å². The Balaban J connectivity index is 2.09. The monoisotopic (exact) mass is 338 g/mol. The van der Waals surface area contributed by atoms with Crippen molar-refractivity contribution in [1.82, 2.24) is 0 Å². The molecule has 2 N–H and O–H groups in total. The molecule has 0 aliphatic heterocycles. The van der Waals surface area contributed by atoms with Crippen LogP contribution >= 0.6 is 28.1 Å². The van der Waals surface area contributed by atoms with E-state index < -0.39 is 0 Å². The molecule has 0 fully saturated rings. The molecule has 2 nitrogen and oxygen atoms in total. The molecule has 0 saturated carbocycles. The normalized spacial score (nSPS) is 10.1. The third-order valence-electron chi connectivity index (χ3n) is 2.55. The lowest BCUT2D eigenvalue weighted by Crippen LogP contribution is -2.19. The summed E-state index contributed by atoms with van der Waals surface area (Å²) in [5.41, 5.74) is 2.46. The number of nitrogens with one attached hydrogen (secondary N) is 2. The Bertz CT molecular complexity index is 602. The van der Waals surface area contributed by atoms with Crippen molar-refractivity contribution in [2.75, 3.05) is 10.6 Å². The number of aryl methyl sites for hydroxylation is 1. The van der Waals surface area contributed by atoms with E-state index >= 15 is 0 Å². The predicted molar refractivity (Wildman–Crippen MR) is 85.1 cm³/mol. The molecule has 0 aliphatic carbocycles. The number of halogens is 2. The summed E-state index contributed by atoms with van der Waals surface area (Å²) in [5.74, 6) is -0.287. The molecule has 2 aromatic rings. The molecule has 0 radical (unpaired) electrons. The maximum Gasteiger partial charge on any atom is 0.175 e. The summed E-state index contributed by atoms with van der Waals surface area (Å²) in [6, 6.07) is 12.7. The molecule has 2 rings (SSSR count). The lowest BCUT2D eigenvalue weighted by Gasteiger charge is -2.13. The zero-order chi connectivity index (χ0) is 13.8. The zero-order valence-corrected chi connectivity index (χ0v) is 12.6. The number of hydrogen-bond donors (Lipinski definition) is 2. The number of para-hydroxylation sites is 1. The molecule has 2 aromatic carbocycles. The van der Waals surface area contributed by atoms with Crippen LogP contribution in [0.25, 0.3) is 0 Å². The fourth-order valence-corrected chi connectivity index (χ4v) is 2.16. The highest BCUT2D eigenvalue weighted by atomic mass is 79.9. The van der Waals surface area contributed by atoms with Gasteiger partial charge in [0.05, 0.1) is 4.47 Å². The fourth-order valence-electron chi connectivity index (χ4n) is 1.59. The lowest BCUT2D eigenvalue weighted by atomic mass is 10.2. The van der Waals surface area contributed by atoms with Gasteiger partial charge in [0.1, 0.15) is 5.82 Å². The van der Waals surface area contributed by atoms with Gasteiger partial charge >= 0.3 is 0 Å². The van der Waals surface area contributed by atoms with Crippen molar-refractivity contribution >= 4 is 44.6 Å². The third kappa shape index (κ3) is 3.75. The average Bonchev–Trinajstić information content (AvgIpc) is 2.37. The lowest BCUT2D eigenvalue weighted by molar-refractivity contribution is 0.620.